The summed E-state index contributed by atoms with van der Waals surface area (Å²) in [6.45, 7) is 1.98. The quantitative estimate of drug-likeness (QED) is 0.883. The zero-order valence-electron chi connectivity index (χ0n) is 14.2. The Balaban J connectivity index is 1.60. The molecule has 1 aliphatic heterocycles. The van der Waals surface area contributed by atoms with Crippen LogP contribution in [0.15, 0.2) is 36.8 Å². The smallest absolute Gasteiger partial charge is 0.227 e. The van der Waals surface area contributed by atoms with Crippen molar-refractivity contribution in [2.45, 2.75) is 25.8 Å². The molecule has 1 fully saturated rings. The summed E-state index contributed by atoms with van der Waals surface area (Å²) in [5.41, 5.74) is 1.00. The molecule has 2 amide bonds. The summed E-state index contributed by atoms with van der Waals surface area (Å²) in [6, 6.07) is 3.08. The third kappa shape index (κ3) is 4.01. The Morgan fingerprint density at radius 2 is 2.15 bits per heavy atom. The minimum atomic E-state index is -1.03. The highest BCUT2D eigenvalue weighted by Crippen LogP contribution is 2.26. The number of rotatable bonds is 5. The number of halogens is 2. The maximum atomic E-state index is 13.4. The monoisotopic (exact) mass is 360 g/mol. The van der Waals surface area contributed by atoms with Crippen LogP contribution in [0.3, 0.4) is 0 Å². The summed E-state index contributed by atoms with van der Waals surface area (Å²) in [7, 11) is 0. The van der Waals surface area contributed by atoms with E-state index in [0.717, 1.165) is 17.8 Å². The zero-order chi connectivity index (χ0) is 18.7. The van der Waals surface area contributed by atoms with Crippen molar-refractivity contribution in [3.05, 3.63) is 54.1 Å². The standard InChI is InChI=1S/C18H18F2N4O2/c1-11(6-13-9-21-4-5-22-13)23-18(26)12-7-17(25)24(10-12)14-2-3-15(19)16(20)8-14/h2-5,8-9,11-12H,6-7,10H2,1H3,(H,23,26). The van der Waals surface area contributed by atoms with Gasteiger partial charge in [0.1, 0.15) is 0 Å². The van der Waals surface area contributed by atoms with Gasteiger partial charge in [0.05, 0.1) is 11.6 Å². The first-order chi connectivity index (χ1) is 12.4. The van der Waals surface area contributed by atoms with Gasteiger partial charge in [-0.2, -0.15) is 0 Å². The Bertz CT molecular complexity index is 816. The molecule has 0 spiro atoms. The molecule has 8 heteroatoms. The highest BCUT2D eigenvalue weighted by Gasteiger charge is 2.35. The van der Waals surface area contributed by atoms with E-state index in [1.807, 2.05) is 6.92 Å². The summed E-state index contributed by atoms with van der Waals surface area (Å²) in [5.74, 6) is -3.09. The molecule has 26 heavy (non-hydrogen) atoms. The molecule has 2 aromatic rings. The van der Waals surface area contributed by atoms with Gasteiger partial charge in [0, 0.05) is 55.8 Å². The van der Waals surface area contributed by atoms with Gasteiger partial charge in [0.25, 0.3) is 0 Å². The molecule has 1 aromatic carbocycles. The second kappa shape index (κ2) is 7.55. The molecular formula is C18H18F2N4O2. The average molecular weight is 360 g/mol. The lowest BCUT2D eigenvalue weighted by atomic mass is 10.1. The van der Waals surface area contributed by atoms with Crippen LogP contribution >= 0.6 is 0 Å². The van der Waals surface area contributed by atoms with Gasteiger partial charge in [-0.25, -0.2) is 8.78 Å². The minimum Gasteiger partial charge on any atom is -0.353 e. The first-order valence-corrected chi connectivity index (χ1v) is 8.24. The van der Waals surface area contributed by atoms with Gasteiger partial charge < -0.3 is 10.2 Å². The topological polar surface area (TPSA) is 75.2 Å². The number of nitrogens with zero attached hydrogens (tertiary/aromatic N) is 3. The molecule has 2 unspecified atom stereocenters. The number of amides is 2. The molecule has 1 N–H and O–H groups in total. The summed E-state index contributed by atoms with van der Waals surface area (Å²) in [5, 5.41) is 2.86. The molecule has 1 aliphatic rings. The van der Waals surface area contributed by atoms with Crippen molar-refractivity contribution in [1.29, 1.82) is 0 Å². The number of anilines is 1. The van der Waals surface area contributed by atoms with E-state index in [4.69, 9.17) is 0 Å². The van der Waals surface area contributed by atoms with Crippen LogP contribution in [0, 0.1) is 17.6 Å². The Morgan fingerprint density at radius 1 is 1.35 bits per heavy atom. The van der Waals surface area contributed by atoms with Gasteiger partial charge in [-0.3, -0.25) is 19.6 Å². The van der Waals surface area contributed by atoms with E-state index in [1.54, 1.807) is 18.6 Å². The summed E-state index contributed by atoms with van der Waals surface area (Å²) >= 11 is 0. The summed E-state index contributed by atoms with van der Waals surface area (Å²) in [4.78, 5) is 34.0. The molecule has 0 saturated carbocycles. The third-order valence-corrected chi connectivity index (χ3v) is 4.23. The SMILES string of the molecule is CC(Cc1cnccn1)NC(=O)C1CC(=O)N(c2ccc(F)c(F)c2)C1. The van der Waals surface area contributed by atoms with E-state index >= 15 is 0 Å². The molecule has 3 rings (SSSR count). The van der Waals surface area contributed by atoms with Gasteiger partial charge in [-0.15, -0.1) is 0 Å². The maximum Gasteiger partial charge on any atom is 0.227 e. The lowest BCUT2D eigenvalue weighted by Gasteiger charge is -2.18. The predicted octanol–water partition coefficient (Wildman–Crippen LogP) is 1.86. The number of benzene rings is 1. The number of aromatic nitrogens is 2. The van der Waals surface area contributed by atoms with Crippen molar-refractivity contribution >= 4 is 17.5 Å². The second-order valence-electron chi connectivity index (χ2n) is 6.31. The van der Waals surface area contributed by atoms with Crippen LogP contribution in [0.5, 0.6) is 0 Å². The number of carbonyl (C=O) groups excluding carboxylic acids is 2. The highest BCUT2D eigenvalue weighted by molar-refractivity contribution is 6.00. The van der Waals surface area contributed by atoms with Crippen molar-refractivity contribution < 1.29 is 18.4 Å². The molecule has 136 valence electrons. The number of hydrogen-bond acceptors (Lipinski definition) is 4. The van der Waals surface area contributed by atoms with Gasteiger partial charge >= 0.3 is 0 Å². The fraction of sp³-hybridized carbons (Fsp3) is 0.333. The van der Waals surface area contributed by atoms with E-state index in [2.05, 4.69) is 15.3 Å². The molecule has 6 nitrogen and oxygen atoms in total. The average Bonchev–Trinajstić information content (AvgIpc) is 3.00. The molecule has 0 bridgehead atoms. The Labute approximate surface area is 149 Å². The third-order valence-electron chi connectivity index (χ3n) is 4.23. The largest absolute Gasteiger partial charge is 0.353 e. The van der Waals surface area contributed by atoms with Gasteiger partial charge in [0.15, 0.2) is 11.6 Å². The normalized spacial score (nSPS) is 18.0. The van der Waals surface area contributed by atoms with Crippen molar-refractivity contribution in [2.24, 2.45) is 5.92 Å². The van der Waals surface area contributed by atoms with Gasteiger partial charge in [0.2, 0.25) is 11.8 Å². The van der Waals surface area contributed by atoms with Crippen molar-refractivity contribution in [1.82, 2.24) is 15.3 Å². The molecule has 0 radical (unpaired) electrons. The van der Waals surface area contributed by atoms with Crippen LogP contribution in [0.1, 0.15) is 19.0 Å². The van der Waals surface area contributed by atoms with Crippen molar-refractivity contribution in [2.75, 3.05) is 11.4 Å². The predicted molar refractivity (Wildman–Crippen MR) is 90.2 cm³/mol. The fourth-order valence-electron chi connectivity index (χ4n) is 2.95. The summed E-state index contributed by atoms with van der Waals surface area (Å²) < 4.78 is 26.4. The highest BCUT2D eigenvalue weighted by atomic mass is 19.2. The molecular weight excluding hydrogens is 342 g/mol. The van der Waals surface area contributed by atoms with Crippen LogP contribution in [0.2, 0.25) is 0 Å². The van der Waals surface area contributed by atoms with E-state index in [0.29, 0.717) is 6.42 Å². The van der Waals surface area contributed by atoms with Crippen LogP contribution in [0.4, 0.5) is 14.5 Å². The van der Waals surface area contributed by atoms with Crippen molar-refractivity contribution in [3.63, 3.8) is 0 Å². The van der Waals surface area contributed by atoms with Crippen LogP contribution in [0.25, 0.3) is 0 Å². The number of carbonyl (C=O) groups is 2. The first-order valence-electron chi connectivity index (χ1n) is 8.24. The van der Waals surface area contributed by atoms with Gasteiger partial charge in [-0.1, -0.05) is 0 Å². The Hall–Kier alpha value is -2.90. The maximum absolute atomic E-state index is 13.4. The number of nitrogens with one attached hydrogen (secondary N) is 1. The molecule has 1 aromatic heterocycles. The molecule has 1 saturated heterocycles. The van der Waals surface area contributed by atoms with E-state index in [1.165, 1.54) is 11.0 Å². The van der Waals surface area contributed by atoms with Gasteiger partial charge in [-0.05, 0) is 19.1 Å². The van der Waals surface area contributed by atoms with Crippen LogP contribution in [-0.2, 0) is 16.0 Å². The lowest BCUT2D eigenvalue weighted by molar-refractivity contribution is -0.126. The number of hydrogen-bond donors (Lipinski definition) is 1. The Morgan fingerprint density at radius 3 is 2.85 bits per heavy atom. The second-order valence-corrected chi connectivity index (χ2v) is 6.31. The fourth-order valence-corrected chi connectivity index (χ4v) is 2.95. The summed E-state index contributed by atoms with van der Waals surface area (Å²) in [6.07, 6.45) is 5.34. The lowest BCUT2D eigenvalue weighted by Crippen LogP contribution is -2.39. The molecule has 0 aliphatic carbocycles. The van der Waals surface area contributed by atoms with E-state index < -0.39 is 17.6 Å². The van der Waals surface area contributed by atoms with E-state index in [-0.39, 0.29) is 36.5 Å². The van der Waals surface area contributed by atoms with E-state index in [9.17, 15) is 18.4 Å². The van der Waals surface area contributed by atoms with Crippen LogP contribution in [-0.4, -0.2) is 34.4 Å². The minimum absolute atomic E-state index is 0.0304. The first kappa shape index (κ1) is 17.9. The molecule has 2 heterocycles. The molecule has 2 atom stereocenters. The van der Waals surface area contributed by atoms with Crippen molar-refractivity contribution in [3.8, 4) is 0 Å². The Kier molecular flexibility index (Phi) is 5.20. The van der Waals surface area contributed by atoms with Crippen LogP contribution < -0.4 is 10.2 Å². The zero-order valence-corrected chi connectivity index (χ0v) is 14.2.